The van der Waals surface area contributed by atoms with E-state index in [9.17, 15) is 19.2 Å². The summed E-state index contributed by atoms with van der Waals surface area (Å²) in [5.41, 5.74) is 0.686. The molecule has 2 aliphatic rings. The number of rotatable bonds is 6. The Labute approximate surface area is 184 Å². The molecule has 172 valence electrons. The lowest BCUT2D eigenvalue weighted by atomic mass is 9.97. The highest BCUT2D eigenvalue weighted by Crippen LogP contribution is 2.41. The van der Waals surface area contributed by atoms with E-state index in [1.807, 2.05) is 0 Å². The summed E-state index contributed by atoms with van der Waals surface area (Å²) in [4.78, 5) is 52.8. The molecular weight excluding hydrogens is 424 g/mol. The van der Waals surface area contributed by atoms with Crippen LogP contribution in [0.3, 0.4) is 0 Å². The van der Waals surface area contributed by atoms with E-state index in [1.54, 1.807) is 0 Å². The zero-order chi connectivity index (χ0) is 23.4. The van der Waals surface area contributed by atoms with Crippen LogP contribution in [0.1, 0.15) is 15.9 Å². The molecule has 0 unspecified atom stereocenters. The highest BCUT2D eigenvalue weighted by Gasteiger charge is 2.58. The van der Waals surface area contributed by atoms with Crippen molar-refractivity contribution in [2.24, 2.45) is 0 Å². The lowest BCUT2D eigenvalue weighted by Crippen LogP contribution is -2.39. The molecule has 0 bridgehead atoms. The molecule has 2 heterocycles. The van der Waals surface area contributed by atoms with Gasteiger partial charge >= 0.3 is 18.2 Å². The van der Waals surface area contributed by atoms with Gasteiger partial charge in [-0.15, -0.1) is 0 Å². The van der Waals surface area contributed by atoms with Gasteiger partial charge in [0.25, 0.3) is 0 Å². The summed E-state index contributed by atoms with van der Waals surface area (Å²) in [7, 11) is 3.85. The number of nitrogens with zero attached hydrogens (tertiary/aromatic N) is 2. The van der Waals surface area contributed by atoms with Crippen LogP contribution in [0.15, 0.2) is 24.8 Å². The first-order valence-corrected chi connectivity index (χ1v) is 9.69. The number of carbonyl (C=O) groups is 4. The molecule has 1 aromatic rings. The van der Waals surface area contributed by atoms with E-state index in [-0.39, 0.29) is 49.1 Å². The third-order valence-electron chi connectivity index (χ3n) is 5.14. The van der Waals surface area contributed by atoms with Gasteiger partial charge < -0.3 is 23.7 Å². The SMILES string of the molecule is C=CCOC(=O)N1C[C@H]2[C@@H](C(=O)Cc3c(OCOC)cc(C(=O)OC)cc31)N2C(=O)OC. The summed E-state index contributed by atoms with van der Waals surface area (Å²) < 4.78 is 25.3. The maximum absolute atomic E-state index is 13.0. The molecule has 2 aliphatic heterocycles. The highest BCUT2D eigenvalue weighted by molar-refractivity contribution is 6.01. The Balaban J connectivity index is 2.13. The van der Waals surface area contributed by atoms with Crippen LogP contribution in [0.25, 0.3) is 0 Å². The fraction of sp³-hybridized carbons (Fsp3) is 0.429. The first-order valence-electron chi connectivity index (χ1n) is 9.69. The second-order valence-electron chi connectivity index (χ2n) is 7.02. The van der Waals surface area contributed by atoms with Crippen molar-refractivity contribution in [1.29, 1.82) is 0 Å². The molecule has 2 atom stereocenters. The minimum absolute atomic E-state index is 0.0528. The van der Waals surface area contributed by atoms with Crippen molar-refractivity contribution in [1.82, 2.24) is 4.90 Å². The molecule has 3 rings (SSSR count). The van der Waals surface area contributed by atoms with Crippen molar-refractivity contribution in [3.05, 3.63) is 35.9 Å². The van der Waals surface area contributed by atoms with E-state index in [0.717, 1.165) is 0 Å². The van der Waals surface area contributed by atoms with Crippen LogP contribution in [0, 0.1) is 0 Å². The van der Waals surface area contributed by atoms with Crippen molar-refractivity contribution in [3.63, 3.8) is 0 Å². The third kappa shape index (κ3) is 4.37. The van der Waals surface area contributed by atoms with Crippen molar-refractivity contribution in [2.45, 2.75) is 18.5 Å². The van der Waals surface area contributed by atoms with Crippen LogP contribution in [-0.4, -0.2) is 82.2 Å². The van der Waals surface area contributed by atoms with Gasteiger partial charge in [-0.3, -0.25) is 14.6 Å². The Kier molecular flexibility index (Phi) is 6.98. The zero-order valence-corrected chi connectivity index (χ0v) is 18.0. The third-order valence-corrected chi connectivity index (χ3v) is 5.14. The second-order valence-corrected chi connectivity index (χ2v) is 7.02. The number of anilines is 1. The summed E-state index contributed by atoms with van der Waals surface area (Å²) in [6.07, 6.45) is -0.165. The van der Waals surface area contributed by atoms with Crippen LogP contribution in [0.2, 0.25) is 0 Å². The van der Waals surface area contributed by atoms with Gasteiger partial charge in [0.2, 0.25) is 0 Å². The monoisotopic (exact) mass is 448 g/mol. The van der Waals surface area contributed by atoms with Crippen molar-refractivity contribution in [3.8, 4) is 5.75 Å². The van der Waals surface area contributed by atoms with E-state index in [4.69, 9.17) is 23.7 Å². The normalized spacial score (nSPS) is 19.0. The number of ketones is 1. The maximum atomic E-state index is 13.0. The number of hydrogen-bond acceptors (Lipinski definition) is 9. The Bertz CT molecular complexity index is 945. The summed E-state index contributed by atoms with van der Waals surface area (Å²) >= 11 is 0. The number of ether oxygens (including phenoxy) is 5. The van der Waals surface area contributed by atoms with Crippen LogP contribution in [0.4, 0.5) is 15.3 Å². The molecule has 0 radical (unpaired) electrons. The molecule has 0 spiro atoms. The van der Waals surface area contributed by atoms with Crippen molar-refractivity contribution < 1.29 is 42.9 Å². The van der Waals surface area contributed by atoms with E-state index in [1.165, 1.54) is 49.3 Å². The number of carbonyl (C=O) groups excluding carboxylic acids is 4. The molecule has 2 amide bonds. The molecule has 0 N–H and O–H groups in total. The molecule has 11 nitrogen and oxygen atoms in total. The van der Waals surface area contributed by atoms with E-state index >= 15 is 0 Å². The van der Waals surface area contributed by atoms with Gasteiger partial charge in [0, 0.05) is 19.1 Å². The molecule has 11 heteroatoms. The fourth-order valence-electron chi connectivity index (χ4n) is 3.67. The predicted molar refractivity (Wildman–Crippen MR) is 110 cm³/mol. The van der Waals surface area contributed by atoms with Gasteiger partial charge in [-0.05, 0) is 12.1 Å². The number of fused-ring (bicyclic) bond motifs is 2. The lowest BCUT2D eigenvalue weighted by molar-refractivity contribution is -0.118. The quantitative estimate of drug-likeness (QED) is 0.210. The van der Waals surface area contributed by atoms with E-state index < -0.39 is 30.2 Å². The van der Waals surface area contributed by atoms with Gasteiger partial charge in [-0.1, -0.05) is 12.7 Å². The standard InChI is InChI=1S/C21H24N2O9/c1-5-6-31-20(26)22-10-15-18(23(15)21(27)30-4)16(24)9-13-14(22)7-12(19(25)29-3)8-17(13)32-11-28-2/h5,7-8,15,18H,1,6,9-11H2,2-4H3/t15-,18-,23?/m0/s1. The summed E-state index contributed by atoms with van der Waals surface area (Å²) in [6, 6.07) is 1.49. The largest absolute Gasteiger partial charge is 0.467 e. The summed E-state index contributed by atoms with van der Waals surface area (Å²) in [6.45, 7) is 3.26. The lowest BCUT2D eigenvalue weighted by Gasteiger charge is -2.27. The number of hydrogen-bond donors (Lipinski definition) is 0. The van der Waals surface area contributed by atoms with Gasteiger partial charge in [0.05, 0.1) is 38.1 Å². The minimum Gasteiger partial charge on any atom is -0.467 e. The predicted octanol–water partition coefficient (Wildman–Crippen LogP) is 1.53. The molecule has 32 heavy (non-hydrogen) atoms. The Hall–Kier alpha value is -3.60. The summed E-state index contributed by atoms with van der Waals surface area (Å²) in [5, 5.41) is 0. The molecule has 1 saturated heterocycles. The molecule has 0 aliphatic carbocycles. The topological polar surface area (TPSA) is 121 Å². The molecule has 0 aromatic heterocycles. The Morgan fingerprint density at radius 3 is 2.53 bits per heavy atom. The first-order chi connectivity index (χ1) is 15.4. The molecule has 1 aromatic carbocycles. The van der Waals surface area contributed by atoms with Crippen LogP contribution in [-0.2, 0) is 30.2 Å². The smallest absolute Gasteiger partial charge is 0.414 e. The van der Waals surface area contributed by atoms with Crippen LogP contribution in [0.5, 0.6) is 5.75 Å². The van der Waals surface area contributed by atoms with Crippen LogP contribution >= 0.6 is 0 Å². The average molecular weight is 448 g/mol. The molecule has 0 saturated carbocycles. The highest BCUT2D eigenvalue weighted by atomic mass is 16.7. The van der Waals surface area contributed by atoms with Crippen molar-refractivity contribution in [2.75, 3.05) is 46.2 Å². The average Bonchev–Trinajstić information content (AvgIpc) is 3.51. The van der Waals surface area contributed by atoms with Gasteiger partial charge in [0.1, 0.15) is 18.4 Å². The number of esters is 1. The maximum Gasteiger partial charge on any atom is 0.414 e. The fourth-order valence-corrected chi connectivity index (χ4v) is 3.67. The molecule has 1 fully saturated rings. The Morgan fingerprint density at radius 2 is 1.91 bits per heavy atom. The van der Waals surface area contributed by atoms with Gasteiger partial charge in [-0.25, -0.2) is 14.4 Å². The Morgan fingerprint density at radius 1 is 1.16 bits per heavy atom. The number of amides is 2. The van der Waals surface area contributed by atoms with Gasteiger partial charge in [-0.2, -0.15) is 0 Å². The number of benzene rings is 1. The molecular formula is C21H24N2O9. The van der Waals surface area contributed by atoms with E-state index in [0.29, 0.717) is 5.56 Å². The first kappa shape index (κ1) is 23.1. The number of Topliss-reactive ketones (excluding diaryl/α,β-unsaturated/α-hetero) is 1. The second kappa shape index (κ2) is 9.69. The zero-order valence-electron chi connectivity index (χ0n) is 18.0. The number of methoxy groups -OCH3 is 3. The van der Waals surface area contributed by atoms with Crippen molar-refractivity contribution >= 4 is 29.6 Å². The minimum atomic E-state index is -0.749. The van der Waals surface area contributed by atoms with E-state index in [2.05, 4.69) is 6.58 Å². The summed E-state index contributed by atoms with van der Waals surface area (Å²) in [5.74, 6) is -0.750. The van der Waals surface area contributed by atoms with Gasteiger partial charge in [0.15, 0.2) is 12.6 Å². The van der Waals surface area contributed by atoms with Crippen LogP contribution < -0.4 is 9.64 Å².